The number of nitrogens with two attached hydrogens (primary N) is 1. The highest BCUT2D eigenvalue weighted by Crippen LogP contribution is 2.23. The van der Waals surface area contributed by atoms with E-state index in [1.165, 1.54) is 11.3 Å². The maximum absolute atomic E-state index is 12.7. The average Bonchev–Trinajstić information content (AvgIpc) is 3.14. The van der Waals surface area contributed by atoms with Gasteiger partial charge in [-0.1, -0.05) is 0 Å². The molecule has 3 atom stereocenters. The molecule has 2 saturated heterocycles. The number of amides is 1. The SMILES string of the molecule is CC1CN(CC2CCCN2C(=O)c2csc(CN)n2)CC(C)O1. The predicted octanol–water partition coefficient (Wildman–Crippen LogP) is 1.32. The maximum atomic E-state index is 12.7. The normalized spacial score (nSPS) is 29.2. The molecule has 3 unspecified atom stereocenters. The van der Waals surface area contributed by atoms with Crippen LogP contribution in [0, 0.1) is 0 Å². The third-order valence-electron chi connectivity index (χ3n) is 4.55. The third-order valence-corrected chi connectivity index (χ3v) is 5.42. The number of carbonyl (C=O) groups excluding carboxylic acids is 1. The fourth-order valence-corrected chi connectivity index (χ4v) is 4.32. The molecule has 2 aliphatic heterocycles. The van der Waals surface area contributed by atoms with E-state index >= 15 is 0 Å². The lowest BCUT2D eigenvalue weighted by molar-refractivity contribution is -0.0715. The van der Waals surface area contributed by atoms with Crippen molar-refractivity contribution in [2.24, 2.45) is 5.73 Å². The summed E-state index contributed by atoms with van der Waals surface area (Å²) < 4.78 is 5.80. The molecule has 3 rings (SSSR count). The van der Waals surface area contributed by atoms with Gasteiger partial charge in [0.25, 0.3) is 5.91 Å². The largest absolute Gasteiger partial charge is 0.373 e. The Morgan fingerprint density at radius 1 is 1.43 bits per heavy atom. The molecule has 1 aromatic heterocycles. The lowest BCUT2D eigenvalue weighted by Gasteiger charge is -2.38. The number of hydrogen-bond acceptors (Lipinski definition) is 6. The Labute approximate surface area is 141 Å². The van der Waals surface area contributed by atoms with Gasteiger partial charge in [-0.3, -0.25) is 9.69 Å². The van der Waals surface area contributed by atoms with Gasteiger partial charge in [0.2, 0.25) is 0 Å². The van der Waals surface area contributed by atoms with Crippen molar-refractivity contribution in [3.63, 3.8) is 0 Å². The van der Waals surface area contributed by atoms with Gasteiger partial charge >= 0.3 is 0 Å². The van der Waals surface area contributed by atoms with Gasteiger partial charge in [0.1, 0.15) is 10.7 Å². The average molecular weight is 338 g/mol. The Morgan fingerprint density at radius 3 is 2.83 bits per heavy atom. The van der Waals surface area contributed by atoms with Gasteiger partial charge in [-0.05, 0) is 26.7 Å². The van der Waals surface area contributed by atoms with Crippen LogP contribution in [0.5, 0.6) is 0 Å². The van der Waals surface area contributed by atoms with Crippen LogP contribution in [0.15, 0.2) is 5.38 Å². The highest BCUT2D eigenvalue weighted by molar-refractivity contribution is 7.09. The van der Waals surface area contributed by atoms with Crippen LogP contribution in [0.3, 0.4) is 0 Å². The molecule has 1 aromatic rings. The molecule has 0 bridgehead atoms. The highest BCUT2D eigenvalue weighted by Gasteiger charge is 2.33. The smallest absolute Gasteiger partial charge is 0.273 e. The van der Waals surface area contributed by atoms with Gasteiger partial charge in [0.05, 0.1) is 12.2 Å². The lowest BCUT2D eigenvalue weighted by Crippen LogP contribution is -2.51. The molecule has 2 fully saturated rings. The summed E-state index contributed by atoms with van der Waals surface area (Å²) >= 11 is 1.46. The Balaban J connectivity index is 1.64. The Hall–Kier alpha value is -1.02. The molecule has 7 heteroatoms. The van der Waals surface area contributed by atoms with E-state index in [2.05, 4.69) is 23.7 Å². The van der Waals surface area contributed by atoms with Crippen LogP contribution >= 0.6 is 11.3 Å². The van der Waals surface area contributed by atoms with E-state index in [9.17, 15) is 4.79 Å². The third kappa shape index (κ3) is 3.91. The number of nitrogens with zero attached hydrogens (tertiary/aromatic N) is 3. The van der Waals surface area contributed by atoms with Crippen molar-refractivity contribution in [1.82, 2.24) is 14.8 Å². The molecule has 128 valence electrons. The first kappa shape index (κ1) is 16.8. The van der Waals surface area contributed by atoms with Crippen LogP contribution in [-0.2, 0) is 11.3 Å². The van der Waals surface area contributed by atoms with E-state index in [1.807, 2.05) is 10.3 Å². The van der Waals surface area contributed by atoms with Crippen molar-refractivity contribution in [3.8, 4) is 0 Å². The highest BCUT2D eigenvalue weighted by atomic mass is 32.1. The van der Waals surface area contributed by atoms with Crippen molar-refractivity contribution in [2.75, 3.05) is 26.2 Å². The van der Waals surface area contributed by atoms with Gasteiger partial charge in [0.15, 0.2) is 0 Å². The molecule has 0 aromatic carbocycles. The first-order valence-corrected chi connectivity index (χ1v) is 9.28. The minimum Gasteiger partial charge on any atom is -0.373 e. The minimum atomic E-state index is 0.0535. The molecular formula is C16H26N4O2S. The molecule has 0 aliphatic carbocycles. The van der Waals surface area contributed by atoms with Crippen molar-refractivity contribution in [3.05, 3.63) is 16.1 Å². The quantitative estimate of drug-likeness (QED) is 0.896. The molecule has 3 heterocycles. The van der Waals surface area contributed by atoms with Crippen LogP contribution in [0.2, 0.25) is 0 Å². The zero-order chi connectivity index (χ0) is 16.4. The second kappa shape index (κ2) is 7.25. The van der Waals surface area contributed by atoms with E-state index < -0.39 is 0 Å². The van der Waals surface area contributed by atoms with Crippen molar-refractivity contribution in [2.45, 2.75) is 51.5 Å². The number of likely N-dealkylation sites (tertiary alicyclic amines) is 1. The summed E-state index contributed by atoms with van der Waals surface area (Å²) in [6, 6.07) is 0.281. The number of ether oxygens (including phenoxy) is 1. The Kier molecular flexibility index (Phi) is 5.31. The van der Waals surface area contributed by atoms with Gasteiger partial charge in [-0.15, -0.1) is 11.3 Å². The van der Waals surface area contributed by atoms with Crippen molar-refractivity contribution in [1.29, 1.82) is 0 Å². The van der Waals surface area contributed by atoms with Gasteiger partial charge in [0, 0.05) is 44.1 Å². The summed E-state index contributed by atoms with van der Waals surface area (Å²) in [7, 11) is 0. The first-order chi connectivity index (χ1) is 11.1. The minimum absolute atomic E-state index is 0.0535. The summed E-state index contributed by atoms with van der Waals surface area (Å²) in [6.07, 6.45) is 2.66. The predicted molar refractivity (Wildman–Crippen MR) is 90.5 cm³/mol. The Bertz CT molecular complexity index is 540. The molecular weight excluding hydrogens is 312 g/mol. The number of carbonyl (C=O) groups is 1. The number of aromatic nitrogens is 1. The Morgan fingerprint density at radius 2 is 2.17 bits per heavy atom. The summed E-state index contributed by atoms with van der Waals surface area (Å²) in [4.78, 5) is 21.5. The van der Waals surface area contributed by atoms with E-state index in [-0.39, 0.29) is 24.2 Å². The van der Waals surface area contributed by atoms with Crippen molar-refractivity contribution >= 4 is 17.2 Å². The zero-order valence-electron chi connectivity index (χ0n) is 13.9. The van der Waals surface area contributed by atoms with E-state index in [0.29, 0.717) is 12.2 Å². The summed E-state index contributed by atoms with van der Waals surface area (Å²) in [5, 5.41) is 2.65. The zero-order valence-corrected chi connectivity index (χ0v) is 14.7. The monoisotopic (exact) mass is 338 g/mol. The first-order valence-electron chi connectivity index (χ1n) is 8.40. The number of thiazole rings is 1. The standard InChI is InChI=1S/C16H26N4O2S/c1-11-7-19(8-12(2)22-11)9-13-4-3-5-20(13)16(21)14-10-23-15(6-17)18-14/h10-13H,3-9,17H2,1-2H3. The molecule has 2 N–H and O–H groups in total. The number of morpholine rings is 1. The second-order valence-electron chi connectivity index (χ2n) is 6.60. The fraction of sp³-hybridized carbons (Fsp3) is 0.750. The number of rotatable bonds is 4. The van der Waals surface area contributed by atoms with E-state index in [1.54, 1.807) is 0 Å². The second-order valence-corrected chi connectivity index (χ2v) is 7.54. The maximum Gasteiger partial charge on any atom is 0.273 e. The molecule has 2 aliphatic rings. The molecule has 0 spiro atoms. The fourth-order valence-electron chi connectivity index (χ4n) is 3.67. The van der Waals surface area contributed by atoms with Gasteiger partial charge in [-0.2, -0.15) is 0 Å². The van der Waals surface area contributed by atoms with E-state index in [0.717, 1.165) is 44.0 Å². The van der Waals surface area contributed by atoms with Crippen LogP contribution in [0.1, 0.15) is 42.2 Å². The van der Waals surface area contributed by atoms with Crippen LogP contribution in [0.25, 0.3) is 0 Å². The van der Waals surface area contributed by atoms with Crippen LogP contribution in [0.4, 0.5) is 0 Å². The summed E-state index contributed by atoms with van der Waals surface area (Å²) in [6.45, 7) is 8.26. The van der Waals surface area contributed by atoms with Gasteiger partial charge in [-0.25, -0.2) is 4.98 Å². The molecule has 6 nitrogen and oxygen atoms in total. The van der Waals surface area contributed by atoms with Gasteiger partial charge < -0.3 is 15.4 Å². The van der Waals surface area contributed by atoms with E-state index in [4.69, 9.17) is 10.5 Å². The molecule has 0 saturated carbocycles. The summed E-state index contributed by atoms with van der Waals surface area (Å²) in [5.74, 6) is 0.0535. The number of hydrogen-bond donors (Lipinski definition) is 1. The van der Waals surface area contributed by atoms with Crippen molar-refractivity contribution < 1.29 is 9.53 Å². The van der Waals surface area contributed by atoms with Crippen LogP contribution < -0.4 is 5.73 Å². The molecule has 1 amide bonds. The van der Waals surface area contributed by atoms with Crippen LogP contribution in [-0.4, -0.2) is 65.1 Å². The lowest BCUT2D eigenvalue weighted by atomic mass is 10.1. The topological polar surface area (TPSA) is 71.7 Å². The molecule has 23 heavy (non-hydrogen) atoms. The summed E-state index contributed by atoms with van der Waals surface area (Å²) in [5.41, 5.74) is 6.15. The molecule has 0 radical (unpaired) electrons.